The Bertz CT molecular complexity index is 381. The minimum atomic E-state index is -0.589. The lowest BCUT2D eigenvalue weighted by atomic mass is 10.2. The van der Waals surface area contributed by atoms with Crippen LogP contribution in [0, 0.1) is 0 Å². The van der Waals surface area contributed by atoms with Crippen LogP contribution < -0.4 is 0 Å². The van der Waals surface area contributed by atoms with Gasteiger partial charge in [0, 0.05) is 13.3 Å². The second-order valence-electron chi connectivity index (χ2n) is 3.06. The monoisotopic (exact) mass is 204 g/mol. The standard InChI is InChI=1S/C11H12N2O2/c1-9(13-12)11(14)15-8-7-10-5-3-2-4-6-10/h2-6H,7-8H2,1H3. The van der Waals surface area contributed by atoms with Gasteiger partial charge in [0.05, 0.1) is 6.61 Å². The lowest BCUT2D eigenvalue weighted by Crippen LogP contribution is -2.16. The number of carbonyl (C=O) groups is 1. The average molecular weight is 204 g/mol. The molecule has 0 aliphatic carbocycles. The molecule has 4 heteroatoms. The Morgan fingerprint density at radius 1 is 1.40 bits per heavy atom. The molecule has 0 aliphatic rings. The van der Waals surface area contributed by atoms with Crippen LogP contribution in [0.3, 0.4) is 0 Å². The van der Waals surface area contributed by atoms with E-state index in [1.54, 1.807) is 0 Å². The number of hydrogen-bond acceptors (Lipinski definition) is 2. The molecule has 0 fully saturated rings. The quantitative estimate of drug-likeness (QED) is 0.322. The number of rotatable bonds is 4. The summed E-state index contributed by atoms with van der Waals surface area (Å²) in [4.78, 5) is 13.8. The molecule has 0 bridgehead atoms. The molecule has 0 N–H and O–H groups in total. The molecule has 0 atom stereocenters. The zero-order valence-electron chi connectivity index (χ0n) is 8.51. The first-order chi connectivity index (χ1) is 7.24. The van der Waals surface area contributed by atoms with E-state index in [9.17, 15) is 4.79 Å². The van der Waals surface area contributed by atoms with E-state index < -0.39 is 5.97 Å². The predicted octanol–water partition coefficient (Wildman–Crippen LogP) is 1.46. The molecule has 0 unspecified atom stereocenters. The number of ether oxygens (including phenoxy) is 1. The zero-order chi connectivity index (χ0) is 11.1. The van der Waals surface area contributed by atoms with Crippen LogP contribution in [-0.4, -0.2) is 23.1 Å². The minimum absolute atomic E-state index is 0.0388. The summed E-state index contributed by atoms with van der Waals surface area (Å²) in [6.07, 6.45) is 0.658. The molecule has 0 saturated heterocycles. The van der Waals surface area contributed by atoms with Crippen LogP contribution >= 0.6 is 0 Å². The van der Waals surface area contributed by atoms with Crippen LogP contribution in [0.4, 0.5) is 0 Å². The van der Waals surface area contributed by atoms with Crippen molar-refractivity contribution in [2.75, 3.05) is 6.61 Å². The average Bonchev–Trinajstić information content (AvgIpc) is 2.29. The third kappa shape index (κ3) is 3.75. The van der Waals surface area contributed by atoms with Gasteiger partial charge in [-0.1, -0.05) is 30.3 Å². The highest BCUT2D eigenvalue weighted by Crippen LogP contribution is 1.99. The molecule has 0 saturated carbocycles. The number of hydrogen-bond donors (Lipinski definition) is 0. The van der Waals surface area contributed by atoms with Crippen molar-refractivity contribution in [3.8, 4) is 0 Å². The molecule has 0 aliphatic heterocycles. The second kappa shape index (κ2) is 5.73. The van der Waals surface area contributed by atoms with Gasteiger partial charge in [0.1, 0.15) is 0 Å². The highest BCUT2D eigenvalue weighted by molar-refractivity contribution is 6.32. The highest BCUT2D eigenvalue weighted by atomic mass is 16.5. The summed E-state index contributed by atoms with van der Waals surface area (Å²) in [6.45, 7) is 1.68. The number of carbonyl (C=O) groups excluding carboxylic acids is 1. The summed E-state index contributed by atoms with van der Waals surface area (Å²) in [6, 6.07) is 9.70. The Morgan fingerprint density at radius 3 is 2.67 bits per heavy atom. The van der Waals surface area contributed by atoms with Gasteiger partial charge in [-0.25, -0.2) is 4.79 Å². The maximum atomic E-state index is 11.1. The number of nitrogens with zero attached hydrogens (tertiary/aromatic N) is 2. The minimum Gasteiger partial charge on any atom is -0.457 e. The molecule has 1 aromatic carbocycles. The third-order valence-electron chi connectivity index (χ3n) is 1.91. The van der Waals surface area contributed by atoms with Gasteiger partial charge in [-0.3, -0.25) is 0 Å². The molecule has 78 valence electrons. The van der Waals surface area contributed by atoms with Gasteiger partial charge in [0.2, 0.25) is 0 Å². The van der Waals surface area contributed by atoms with Gasteiger partial charge in [-0.2, -0.15) is 4.79 Å². The van der Waals surface area contributed by atoms with Gasteiger partial charge in [0.25, 0.3) is 0 Å². The fraction of sp³-hybridized carbons (Fsp3) is 0.273. The maximum Gasteiger partial charge on any atom is 0.416 e. The van der Waals surface area contributed by atoms with Crippen molar-refractivity contribution >= 4 is 11.7 Å². The molecule has 1 rings (SSSR count). The smallest absolute Gasteiger partial charge is 0.416 e. The first-order valence-electron chi connectivity index (χ1n) is 4.63. The van der Waals surface area contributed by atoms with Crippen LogP contribution in [0.2, 0.25) is 0 Å². The van der Waals surface area contributed by atoms with Crippen LogP contribution in [-0.2, 0) is 16.0 Å². The van der Waals surface area contributed by atoms with E-state index in [4.69, 9.17) is 10.3 Å². The maximum absolute atomic E-state index is 11.1. The summed E-state index contributed by atoms with van der Waals surface area (Å²) in [5.74, 6) is -0.589. The largest absolute Gasteiger partial charge is 0.457 e. The van der Waals surface area contributed by atoms with Crippen molar-refractivity contribution in [1.82, 2.24) is 0 Å². The Kier molecular flexibility index (Phi) is 4.26. The third-order valence-corrected chi connectivity index (χ3v) is 1.91. The van der Waals surface area contributed by atoms with E-state index in [2.05, 4.69) is 4.79 Å². The fourth-order valence-electron chi connectivity index (χ4n) is 1.05. The summed E-state index contributed by atoms with van der Waals surface area (Å²) < 4.78 is 4.87. The molecule has 15 heavy (non-hydrogen) atoms. The zero-order valence-corrected chi connectivity index (χ0v) is 8.51. The van der Waals surface area contributed by atoms with Gasteiger partial charge in [0.15, 0.2) is 0 Å². The van der Waals surface area contributed by atoms with Gasteiger partial charge in [-0.05, 0) is 5.56 Å². The van der Waals surface area contributed by atoms with Crippen molar-refractivity contribution in [3.05, 3.63) is 41.4 Å². The molecule has 0 aromatic heterocycles. The lowest BCUT2D eigenvalue weighted by molar-refractivity contribution is -0.140. The van der Waals surface area contributed by atoms with Crippen molar-refractivity contribution < 1.29 is 14.3 Å². The Hall–Kier alpha value is -1.93. The van der Waals surface area contributed by atoms with E-state index in [0.717, 1.165) is 5.56 Å². The summed E-state index contributed by atoms with van der Waals surface area (Å²) >= 11 is 0. The Balaban J connectivity index is 2.34. The predicted molar refractivity (Wildman–Crippen MR) is 55.4 cm³/mol. The summed E-state index contributed by atoms with van der Waals surface area (Å²) in [5.41, 5.74) is 9.37. The van der Waals surface area contributed by atoms with Crippen molar-refractivity contribution in [3.63, 3.8) is 0 Å². The summed E-state index contributed by atoms with van der Waals surface area (Å²) in [7, 11) is 0. The second-order valence-corrected chi connectivity index (χ2v) is 3.06. The van der Waals surface area contributed by atoms with Crippen molar-refractivity contribution in [1.29, 1.82) is 0 Å². The first kappa shape index (κ1) is 11.1. The molecular formula is C11H12N2O2. The van der Waals surface area contributed by atoms with E-state index in [-0.39, 0.29) is 12.3 Å². The van der Waals surface area contributed by atoms with Crippen LogP contribution in [0.1, 0.15) is 12.5 Å². The topological polar surface area (TPSA) is 62.7 Å². The Labute approximate surface area is 88.1 Å². The summed E-state index contributed by atoms with van der Waals surface area (Å²) in [5, 5.41) is 0. The SMILES string of the molecule is CC(=[N+]=[N-])C(=O)OCCc1ccccc1. The number of benzene rings is 1. The van der Waals surface area contributed by atoms with E-state index >= 15 is 0 Å². The molecule has 4 nitrogen and oxygen atoms in total. The molecule has 0 heterocycles. The van der Waals surface area contributed by atoms with Crippen molar-refractivity contribution in [2.45, 2.75) is 13.3 Å². The van der Waals surface area contributed by atoms with Crippen LogP contribution in [0.5, 0.6) is 0 Å². The van der Waals surface area contributed by atoms with Crippen LogP contribution in [0.15, 0.2) is 30.3 Å². The highest BCUT2D eigenvalue weighted by Gasteiger charge is 2.14. The molecule has 0 radical (unpaired) electrons. The van der Waals surface area contributed by atoms with E-state index in [1.165, 1.54) is 6.92 Å². The van der Waals surface area contributed by atoms with Gasteiger partial charge in [-0.15, -0.1) is 0 Å². The number of esters is 1. The van der Waals surface area contributed by atoms with Gasteiger partial charge >= 0.3 is 11.7 Å². The van der Waals surface area contributed by atoms with Crippen molar-refractivity contribution in [2.24, 2.45) is 0 Å². The fourth-order valence-corrected chi connectivity index (χ4v) is 1.05. The van der Waals surface area contributed by atoms with E-state index in [0.29, 0.717) is 6.42 Å². The molecule has 1 aromatic rings. The molecule has 0 spiro atoms. The van der Waals surface area contributed by atoms with E-state index in [1.807, 2.05) is 30.3 Å². The Morgan fingerprint density at radius 2 is 2.07 bits per heavy atom. The molecular weight excluding hydrogens is 192 g/mol. The molecule has 0 amide bonds. The van der Waals surface area contributed by atoms with Gasteiger partial charge < -0.3 is 10.3 Å². The first-order valence-corrected chi connectivity index (χ1v) is 4.63. The van der Waals surface area contributed by atoms with Crippen LogP contribution in [0.25, 0.3) is 5.53 Å². The lowest BCUT2D eigenvalue weighted by Gasteiger charge is -2.00. The normalized spacial score (nSPS) is 9.13.